The summed E-state index contributed by atoms with van der Waals surface area (Å²) in [5.41, 5.74) is 2.80. The van der Waals surface area contributed by atoms with Gasteiger partial charge in [0.05, 0.1) is 25.1 Å². The van der Waals surface area contributed by atoms with Crippen LogP contribution in [-0.2, 0) is 14.8 Å². The zero-order chi connectivity index (χ0) is 23.0. The molecule has 1 aliphatic heterocycles. The summed E-state index contributed by atoms with van der Waals surface area (Å²) in [7, 11) is -2.07. The predicted octanol–water partition coefficient (Wildman–Crippen LogP) is 3.50. The van der Waals surface area contributed by atoms with Crippen LogP contribution in [-0.4, -0.2) is 39.8 Å². The van der Waals surface area contributed by atoms with Crippen molar-refractivity contribution in [1.82, 2.24) is 5.32 Å². The molecule has 0 aromatic heterocycles. The minimum Gasteiger partial charge on any atom is -0.497 e. The molecule has 3 rings (SSSR count). The van der Waals surface area contributed by atoms with Crippen LogP contribution in [0.4, 0.5) is 5.69 Å². The monoisotopic (exact) mass is 446 g/mol. The van der Waals surface area contributed by atoms with Crippen LogP contribution in [0.1, 0.15) is 43.0 Å². The fourth-order valence-corrected chi connectivity index (χ4v) is 4.59. The Kier molecular flexibility index (Phi) is 6.23. The van der Waals surface area contributed by atoms with E-state index >= 15 is 0 Å². The van der Waals surface area contributed by atoms with Gasteiger partial charge in [0.1, 0.15) is 23.6 Å². The second kappa shape index (κ2) is 8.42. The number of carbonyl (C=O) groups excluding carboxylic acids is 1. The van der Waals surface area contributed by atoms with Crippen LogP contribution in [0.5, 0.6) is 11.5 Å². The summed E-state index contributed by atoms with van der Waals surface area (Å²) in [6, 6.07) is 10.5. The highest BCUT2D eigenvalue weighted by atomic mass is 32.2. The third-order valence-corrected chi connectivity index (χ3v) is 6.62. The fourth-order valence-electron chi connectivity index (χ4n) is 3.74. The summed E-state index contributed by atoms with van der Waals surface area (Å²) in [6.45, 7) is 7.47. The quantitative estimate of drug-likeness (QED) is 0.734. The highest BCUT2D eigenvalue weighted by Gasteiger charge is 2.35. The molecule has 0 saturated carbocycles. The van der Waals surface area contributed by atoms with Crippen molar-refractivity contribution in [2.45, 2.75) is 45.8 Å². The Morgan fingerprint density at radius 2 is 1.90 bits per heavy atom. The Bertz CT molecular complexity index is 1100. The van der Waals surface area contributed by atoms with E-state index in [4.69, 9.17) is 9.47 Å². The van der Waals surface area contributed by atoms with Crippen molar-refractivity contribution >= 4 is 21.6 Å². The summed E-state index contributed by atoms with van der Waals surface area (Å²) in [6.07, 6.45) is 1.65. The van der Waals surface area contributed by atoms with E-state index in [1.807, 2.05) is 52.0 Å². The van der Waals surface area contributed by atoms with Crippen LogP contribution in [0.2, 0.25) is 0 Å². The molecule has 7 nitrogen and oxygen atoms in total. The van der Waals surface area contributed by atoms with Crippen LogP contribution >= 0.6 is 0 Å². The zero-order valence-electron chi connectivity index (χ0n) is 18.9. The lowest BCUT2D eigenvalue weighted by atomic mass is 9.89. The lowest BCUT2D eigenvalue weighted by molar-refractivity contribution is -0.120. The van der Waals surface area contributed by atoms with E-state index in [9.17, 15) is 13.2 Å². The summed E-state index contributed by atoms with van der Waals surface area (Å²) in [4.78, 5) is 13.0. The van der Waals surface area contributed by atoms with Crippen molar-refractivity contribution in [2.24, 2.45) is 0 Å². The number of sulfonamides is 1. The average Bonchev–Trinajstić information content (AvgIpc) is 2.66. The first-order valence-corrected chi connectivity index (χ1v) is 12.0. The van der Waals surface area contributed by atoms with E-state index in [-0.39, 0.29) is 18.5 Å². The number of anilines is 1. The number of benzene rings is 2. The van der Waals surface area contributed by atoms with Crippen LogP contribution in [0, 0.1) is 13.8 Å². The van der Waals surface area contributed by atoms with Crippen molar-refractivity contribution in [3.63, 3.8) is 0 Å². The van der Waals surface area contributed by atoms with Gasteiger partial charge in [-0.3, -0.25) is 9.10 Å². The lowest BCUT2D eigenvalue weighted by Gasteiger charge is -2.38. The van der Waals surface area contributed by atoms with Crippen LogP contribution in [0.3, 0.4) is 0 Å². The molecule has 31 heavy (non-hydrogen) atoms. The minimum absolute atomic E-state index is 0.307. The number of hydrogen-bond acceptors (Lipinski definition) is 5. The number of aryl methyl sites for hydroxylation is 2. The third-order valence-electron chi connectivity index (χ3n) is 5.48. The van der Waals surface area contributed by atoms with Crippen molar-refractivity contribution in [2.75, 3.05) is 24.2 Å². The summed E-state index contributed by atoms with van der Waals surface area (Å²) in [5.74, 6) is 0.950. The molecule has 8 heteroatoms. The standard InChI is InChI=1S/C23H30N2O5S/c1-15-7-8-17(11-16(15)2)25(31(6,27)28)14-22(26)24-20-13-23(3,4)30-21-10-9-18(29-5)12-19(20)21/h7-12,20H,13-14H2,1-6H3,(H,24,26)/t20-/m0/s1. The molecule has 2 aromatic rings. The van der Waals surface area contributed by atoms with Crippen LogP contribution in [0.25, 0.3) is 0 Å². The summed E-state index contributed by atoms with van der Waals surface area (Å²) < 4.78 is 37.4. The van der Waals surface area contributed by atoms with Crippen LogP contribution in [0.15, 0.2) is 36.4 Å². The second-order valence-corrected chi connectivity index (χ2v) is 10.5. The molecule has 2 aromatic carbocycles. The highest BCUT2D eigenvalue weighted by molar-refractivity contribution is 7.92. The van der Waals surface area contributed by atoms with E-state index in [0.29, 0.717) is 23.6 Å². The number of ether oxygens (including phenoxy) is 2. The fraction of sp³-hybridized carbons (Fsp3) is 0.435. The van der Waals surface area contributed by atoms with Gasteiger partial charge in [0.15, 0.2) is 0 Å². The molecule has 0 aliphatic carbocycles. The Morgan fingerprint density at radius 3 is 2.52 bits per heavy atom. The van der Waals surface area contributed by atoms with E-state index < -0.39 is 15.6 Å². The normalized spacial score (nSPS) is 17.3. The third kappa shape index (κ3) is 5.31. The van der Waals surface area contributed by atoms with Gasteiger partial charge < -0.3 is 14.8 Å². The first-order chi connectivity index (χ1) is 14.4. The number of fused-ring (bicyclic) bond motifs is 1. The van der Waals surface area contributed by atoms with E-state index in [0.717, 1.165) is 27.3 Å². The molecule has 168 valence electrons. The topological polar surface area (TPSA) is 84.9 Å². The van der Waals surface area contributed by atoms with Crippen molar-refractivity contribution in [1.29, 1.82) is 0 Å². The molecule has 1 N–H and O–H groups in total. The first kappa shape index (κ1) is 22.9. The molecule has 0 spiro atoms. The second-order valence-electron chi connectivity index (χ2n) is 8.63. The van der Waals surface area contributed by atoms with Gasteiger partial charge in [-0.15, -0.1) is 0 Å². The predicted molar refractivity (Wildman–Crippen MR) is 121 cm³/mol. The van der Waals surface area contributed by atoms with Crippen molar-refractivity contribution in [3.8, 4) is 11.5 Å². The lowest BCUT2D eigenvalue weighted by Crippen LogP contribution is -2.45. The molecule has 1 amide bonds. The average molecular weight is 447 g/mol. The Balaban J connectivity index is 1.86. The van der Waals surface area contributed by atoms with Gasteiger partial charge in [-0.1, -0.05) is 6.07 Å². The SMILES string of the molecule is COc1ccc2c(c1)[C@@H](NC(=O)CN(c1ccc(C)c(C)c1)S(C)(=O)=O)CC(C)(C)O2. The Labute approximate surface area is 184 Å². The van der Waals surface area contributed by atoms with Gasteiger partial charge in [-0.05, 0) is 69.2 Å². The van der Waals surface area contributed by atoms with Crippen molar-refractivity contribution in [3.05, 3.63) is 53.1 Å². The van der Waals surface area contributed by atoms with E-state index in [1.165, 1.54) is 0 Å². The van der Waals surface area contributed by atoms with Gasteiger partial charge in [-0.2, -0.15) is 0 Å². The Morgan fingerprint density at radius 1 is 1.19 bits per heavy atom. The number of carbonyl (C=O) groups is 1. The van der Waals surface area contributed by atoms with Crippen LogP contribution < -0.4 is 19.1 Å². The van der Waals surface area contributed by atoms with Gasteiger partial charge in [0.25, 0.3) is 0 Å². The number of nitrogens with one attached hydrogen (secondary N) is 1. The molecule has 0 bridgehead atoms. The number of rotatable bonds is 6. The highest BCUT2D eigenvalue weighted by Crippen LogP contribution is 2.41. The Hall–Kier alpha value is -2.74. The molecule has 1 heterocycles. The number of nitrogens with zero attached hydrogens (tertiary/aromatic N) is 1. The zero-order valence-corrected chi connectivity index (χ0v) is 19.7. The summed E-state index contributed by atoms with van der Waals surface area (Å²) >= 11 is 0. The molecular formula is C23H30N2O5S. The maximum Gasteiger partial charge on any atom is 0.241 e. The molecule has 0 saturated heterocycles. The molecule has 0 fully saturated rings. The maximum absolute atomic E-state index is 13.0. The maximum atomic E-state index is 13.0. The van der Waals surface area contributed by atoms with Gasteiger partial charge in [0.2, 0.25) is 15.9 Å². The van der Waals surface area contributed by atoms with Gasteiger partial charge >= 0.3 is 0 Å². The number of amides is 1. The van der Waals surface area contributed by atoms with E-state index in [2.05, 4.69) is 5.32 Å². The first-order valence-electron chi connectivity index (χ1n) is 10.1. The number of hydrogen-bond donors (Lipinski definition) is 1. The molecular weight excluding hydrogens is 416 g/mol. The smallest absolute Gasteiger partial charge is 0.241 e. The summed E-state index contributed by atoms with van der Waals surface area (Å²) in [5, 5.41) is 3.00. The van der Waals surface area contributed by atoms with Gasteiger partial charge in [-0.25, -0.2) is 8.42 Å². The minimum atomic E-state index is -3.65. The molecule has 1 aliphatic rings. The van der Waals surface area contributed by atoms with E-state index in [1.54, 1.807) is 19.2 Å². The molecule has 1 atom stereocenters. The largest absolute Gasteiger partial charge is 0.497 e. The van der Waals surface area contributed by atoms with Gasteiger partial charge in [0, 0.05) is 12.0 Å². The van der Waals surface area contributed by atoms with Crippen molar-refractivity contribution < 1.29 is 22.7 Å². The molecule has 0 radical (unpaired) electrons. The number of methoxy groups -OCH3 is 1. The molecule has 0 unspecified atom stereocenters.